The Morgan fingerprint density at radius 3 is 1.49 bits per heavy atom. The van der Waals surface area contributed by atoms with Gasteiger partial charge >= 0.3 is 11.9 Å². The van der Waals surface area contributed by atoms with Gasteiger partial charge in [0.25, 0.3) is 0 Å². The molecule has 0 saturated carbocycles. The Kier molecular flexibility index (Phi) is 9.99. The van der Waals surface area contributed by atoms with E-state index in [0.29, 0.717) is 24.1 Å². The highest BCUT2D eigenvalue weighted by Crippen LogP contribution is 2.55. The minimum Gasteiger partial charge on any atom is -0.461 e. The standard InChI is InChI=1S/C51H56N2O4/c1-48(2,3)36-18-21-39(30-36)51(7)27-11-29-57-47(55)43-25-17-34-15-14-33-16-24-42(52-44(33)45(34)53-43)46(54)56-28-10-26-50(6,35-12-8-9-13-35)40-22-19-37(31-40)49(4,5)38-20-23-41(51)32-38/h8-9,12,14-25H,10-11,13,26-32H2,1-7H3/t50-,51?/m1/s1. The zero-order valence-corrected chi connectivity index (χ0v) is 34.8. The maximum atomic E-state index is 13.5. The van der Waals surface area contributed by atoms with Crippen LogP contribution in [0.25, 0.3) is 21.8 Å². The Labute approximate surface area is 337 Å². The van der Waals surface area contributed by atoms with Crippen LogP contribution in [0.4, 0.5) is 0 Å². The van der Waals surface area contributed by atoms with Gasteiger partial charge in [0.1, 0.15) is 11.4 Å². The molecule has 3 aromatic rings. The first kappa shape index (κ1) is 38.8. The third kappa shape index (κ3) is 7.21. The molecule has 3 heterocycles. The third-order valence-electron chi connectivity index (χ3n) is 13.8. The second-order valence-corrected chi connectivity index (χ2v) is 18.6. The van der Waals surface area contributed by atoms with Gasteiger partial charge in [-0.1, -0.05) is 166 Å². The number of hydrogen-bond acceptors (Lipinski definition) is 6. The van der Waals surface area contributed by atoms with Crippen molar-refractivity contribution in [3.63, 3.8) is 0 Å². The molecule has 0 N–H and O–H groups in total. The predicted octanol–water partition coefficient (Wildman–Crippen LogP) is 12.4. The second-order valence-electron chi connectivity index (χ2n) is 18.6. The smallest absolute Gasteiger partial charge is 0.356 e. The molecular formula is C51H56N2O4. The molecule has 5 aliphatic rings. The van der Waals surface area contributed by atoms with Crippen LogP contribution >= 0.6 is 0 Å². The number of carbonyl (C=O) groups is 2. The number of fused-ring (bicyclic) bond motifs is 6. The Bertz CT molecular complexity index is 2440. The number of pyridine rings is 2. The third-order valence-corrected chi connectivity index (χ3v) is 13.8. The fourth-order valence-electron chi connectivity index (χ4n) is 9.52. The van der Waals surface area contributed by atoms with E-state index in [4.69, 9.17) is 19.4 Å². The van der Waals surface area contributed by atoms with Crippen LogP contribution in [0.1, 0.15) is 121 Å². The molecule has 2 aromatic heterocycles. The fourth-order valence-corrected chi connectivity index (χ4v) is 9.52. The van der Waals surface area contributed by atoms with Crippen LogP contribution in [0.5, 0.6) is 0 Å². The van der Waals surface area contributed by atoms with E-state index in [1.807, 2.05) is 24.3 Å². The molecule has 0 amide bonds. The van der Waals surface area contributed by atoms with Gasteiger partial charge in [0.2, 0.25) is 0 Å². The first-order chi connectivity index (χ1) is 27.2. The molecule has 6 heteroatoms. The second kappa shape index (κ2) is 14.7. The highest BCUT2D eigenvalue weighted by Gasteiger charge is 2.42. The number of esters is 2. The van der Waals surface area contributed by atoms with Gasteiger partial charge in [0.15, 0.2) is 0 Å². The maximum absolute atomic E-state index is 13.5. The Hall–Kier alpha value is -5.10. The number of hydrogen-bond donors (Lipinski definition) is 0. The van der Waals surface area contributed by atoms with Crippen molar-refractivity contribution in [2.45, 2.75) is 99.8 Å². The molecule has 294 valence electrons. The summed E-state index contributed by atoms with van der Waals surface area (Å²) in [6.07, 6.45) is 27.8. The minimum absolute atomic E-state index is 0.0957. The first-order valence-corrected chi connectivity index (χ1v) is 20.8. The predicted molar refractivity (Wildman–Crippen MR) is 230 cm³/mol. The van der Waals surface area contributed by atoms with Crippen LogP contribution in [0.2, 0.25) is 0 Å². The fraction of sp³-hybridized carbons (Fsp3) is 0.412. The molecule has 8 bridgehead atoms. The van der Waals surface area contributed by atoms with Crippen molar-refractivity contribution in [3.8, 4) is 0 Å². The number of carbonyl (C=O) groups excluding carboxylic acids is 2. The largest absolute Gasteiger partial charge is 0.461 e. The number of benzene rings is 1. The van der Waals surface area contributed by atoms with Crippen LogP contribution < -0.4 is 0 Å². The van der Waals surface area contributed by atoms with Gasteiger partial charge < -0.3 is 9.47 Å². The quantitative estimate of drug-likeness (QED) is 0.191. The van der Waals surface area contributed by atoms with Crippen molar-refractivity contribution in [2.24, 2.45) is 21.7 Å². The summed E-state index contributed by atoms with van der Waals surface area (Å²) in [5, 5.41) is 1.65. The van der Waals surface area contributed by atoms with E-state index in [-0.39, 0.29) is 39.7 Å². The SMILES string of the molecule is CC(C)(C)C1=CC=C(C2(C)CCCOC(=O)c3ccc4ccc5ccc(nc5c4n3)C(=O)OCCC[C@](C)(C3=CC=CC3)C3=CC=C(C3)C(C)(C)C3=CC=C2C3)C1. The lowest BCUT2D eigenvalue weighted by molar-refractivity contribution is 0.0475. The number of rotatable bonds is 2. The van der Waals surface area contributed by atoms with Gasteiger partial charge in [-0.05, 0) is 68.9 Å². The average molecular weight is 761 g/mol. The Balaban J connectivity index is 1.12. The molecule has 6 nitrogen and oxygen atoms in total. The molecule has 4 aliphatic carbocycles. The van der Waals surface area contributed by atoms with Gasteiger partial charge in [0, 0.05) is 27.0 Å². The number of nitrogens with zero attached hydrogens (tertiary/aromatic N) is 2. The van der Waals surface area contributed by atoms with Crippen molar-refractivity contribution in [2.75, 3.05) is 13.2 Å². The van der Waals surface area contributed by atoms with Crippen LogP contribution in [0.15, 0.2) is 130 Å². The van der Waals surface area contributed by atoms with Crippen molar-refractivity contribution in [1.29, 1.82) is 0 Å². The highest BCUT2D eigenvalue weighted by atomic mass is 16.5. The van der Waals surface area contributed by atoms with Crippen LogP contribution in [0.3, 0.4) is 0 Å². The normalized spacial score (nSPS) is 25.7. The van der Waals surface area contributed by atoms with Crippen LogP contribution in [-0.4, -0.2) is 35.1 Å². The molecule has 0 fully saturated rings. The number of ether oxygens (including phenoxy) is 2. The number of allylic oxidation sites excluding steroid dienone is 16. The van der Waals surface area contributed by atoms with E-state index in [2.05, 4.69) is 103 Å². The molecule has 1 aromatic carbocycles. The molecule has 0 spiro atoms. The van der Waals surface area contributed by atoms with E-state index in [1.165, 1.54) is 39.0 Å². The monoisotopic (exact) mass is 760 g/mol. The van der Waals surface area contributed by atoms with E-state index >= 15 is 0 Å². The molecule has 2 atom stereocenters. The number of aromatic nitrogens is 2. The maximum Gasteiger partial charge on any atom is 0.356 e. The van der Waals surface area contributed by atoms with Gasteiger partial charge in [-0.25, -0.2) is 19.6 Å². The molecule has 8 rings (SSSR count). The summed E-state index contributed by atoms with van der Waals surface area (Å²) in [5.74, 6) is -0.930. The first-order valence-electron chi connectivity index (χ1n) is 20.8. The summed E-state index contributed by atoms with van der Waals surface area (Å²) in [7, 11) is 0. The van der Waals surface area contributed by atoms with Crippen LogP contribution in [-0.2, 0) is 9.47 Å². The number of cyclic esters (lactones) is 2. The zero-order chi connectivity index (χ0) is 40.2. The molecule has 0 radical (unpaired) electrons. The van der Waals surface area contributed by atoms with Gasteiger partial charge in [-0.2, -0.15) is 0 Å². The van der Waals surface area contributed by atoms with Crippen LogP contribution in [0, 0.1) is 21.7 Å². The summed E-state index contributed by atoms with van der Waals surface area (Å²) in [6, 6.07) is 11.0. The molecule has 1 unspecified atom stereocenters. The summed E-state index contributed by atoms with van der Waals surface area (Å²) < 4.78 is 11.8. The Morgan fingerprint density at radius 1 is 0.561 bits per heavy atom. The van der Waals surface area contributed by atoms with Crippen molar-refractivity contribution < 1.29 is 19.1 Å². The van der Waals surface area contributed by atoms with Crippen molar-refractivity contribution >= 4 is 33.7 Å². The van der Waals surface area contributed by atoms with Gasteiger partial charge in [-0.15, -0.1) is 0 Å². The minimum atomic E-state index is -0.465. The van der Waals surface area contributed by atoms with E-state index in [0.717, 1.165) is 55.7 Å². The van der Waals surface area contributed by atoms with Gasteiger partial charge in [0.05, 0.1) is 24.2 Å². The average Bonchev–Trinajstić information content (AvgIpc) is 4.04. The molecule has 0 saturated heterocycles. The zero-order valence-electron chi connectivity index (χ0n) is 34.8. The molecular weight excluding hydrogens is 705 g/mol. The van der Waals surface area contributed by atoms with Gasteiger partial charge in [-0.3, -0.25) is 0 Å². The van der Waals surface area contributed by atoms with E-state index < -0.39 is 11.9 Å². The lowest BCUT2D eigenvalue weighted by atomic mass is 9.66. The highest BCUT2D eigenvalue weighted by molar-refractivity contribution is 6.05. The lowest BCUT2D eigenvalue weighted by Gasteiger charge is -2.38. The topological polar surface area (TPSA) is 78.4 Å². The Morgan fingerprint density at radius 2 is 1.02 bits per heavy atom. The molecule has 57 heavy (non-hydrogen) atoms. The summed E-state index contributed by atoms with van der Waals surface area (Å²) in [6.45, 7) is 17.0. The summed E-state index contributed by atoms with van der Waals surface area (Å²) in [5.41, 5.74) is 11.2. The van der Waals surface area contributed by atoms with E-state index in [1.54, 1.807) is 12.1 Å². The van der Waals surface area contributed by atoms with Crippen molar-refractivity contribution in [3.05, 3.63) is 141 Å². The summed E-state index contributed by atoms with van der Waals surface area (Å²) >= 11 is 0. The molecule has 1 aliphatic heterocycles. The lowest BCUT2D eigenvalue weighted by Crippen LogP contribution is -2.26. The van der Waals surface area contributed by atoms with E-state index in [9.17, 15) is 9.59 Å². The van der Waals surface area contributed by atoms with Crippen molar-refractivity contribution in [1.82, 2.24) is 9.97 Å². The summed E-state index contributed by atoms with van der Waals surface area (Å²) in [4.78, 5) is 36.4.